The molecule has 23 heavy (non-hydrogen) atoms. The van der Waals surface area contributed by atoms with Crippen LogP contribution in [-0.4, -0.2) is 49.2 Å². The number of rotatable bonds is 5. The number of ether oxygens (including phenoxy) is 1. The first-order chi connectivity index (χ1) is 10.9. The summed E-state index contributed by atoms with van der Waals surface area (Å²) >= 11 is 0. The molecule has 0 unspecified atom stereocenters. The van der Waals surface area contributed by atoms with Crippen LogP contribution in [-0.2, 0) is 13.0 Å². The second-order valence-corrected chi connectivity index (χ2v) is 6.52. The van der Waals surface area contributed by atoms with Crippen LogP contribution in [0.3, 0.4) is 0 Å². The summed E-state index contributed by atoms with van der Waals surface area (Å²) in [5, 5.41) is 2.96. The number of amides is 1. The van der Waals surface area contributed by atoms with Crippen molar-refractivity contribution in [3.05, 3.63) is 27.7 Å². The van der Waals surface area contributed by atoms with Gasteiger partial charge in [-0.2, -0.15) is 0 Å². The molecule has 0 fully saturated rings. The topological polar surface area (TPSA) is 63.6 Å². The van der Waals surface area contributed by atoms with Crippen LogP contribution in [0, 0.1) is 5.92 Å². The average molecular weight is 321 g/mol. The third-order valence-corrected chi connectivity index (χ3v) is 4.27. The van der Waals surface area contributed by atoms with Crippen LogP contribution in [0.2, 0.25) is 0 Å². The van der Waals surface area contributed by atoms with Crippen molar-refractivity contribution in [2.24, 2.45) is 5.92 Å². The molecule has 0 atom stereocenters. The zero-order valence-electron chi connectivity index (χ0n) is 14.5. The molecule has 1 aromatic heterocycles. The van der Waals surface area contributed by atoms with Crippen LogP contribution in [0.4, 0.5) is 0 Å². The van der Waals surface area contributed by atoms with Crippen molar-refractivity contribution in [1.82, 2.24) is 14.8 Å². The lowest BCUT2D eigenvalue weighted by atomic mass is 10.1. The molecule has 0 saturated carbocycles. The van der Waals surface area contributed by atoms with Gasteiger partial charge in [0.15, 0.2) is 0 Å². The van der Waals surface area contributed by atoms with E-state index in [2.05, 4.69) is 24.1 Å². The molecule has 0 aromatic carbocycles. The van der Waals surface area contributed by atoms with E-state index in [0.717, 1.165) is 25.2 Å². The largest absolute Gasteiger partial charge is 0.496 e. The highest BCUT2D eigenvalue weighted by Crippen LogP contribution is 2.22. The Morgan fingerprint density at radius 1 is 1.35 bits per heavy atom. The highest BCUT2D eigenvalue weighted by molar-refractivity contribution is 5.98. The van der Waals surface area contributed by atoms with Crippen LogP contribution >= 0.6 is 0 Å². The third kappa shape index (κ3) is 4.13. The molecular weight excluding hydrogens is 294 g/mol. The predicted octanol–water partition coefficient (Wildman–Crippen LogP) is 1.12. The van der Waals surface area contributed by atoms with E-state index in [1.165, 1.54) is 13.2 Å². The van der Waals surface area contributed by atoms with E-state index >= 15 is 0 Å². The Morgan fingerprint density at radius 2 is 2.09 bits per heavy atom. The Labute approximate surface area is 137 Å². The van der Waals surface area contributed by atoms with E-state index < -0.39 is 0 Å². The van der Waals surface area contributed by atoms with Gasteiger partial charge < -0.3 is 19.5 Å². The Kier molecular flexibility index (Phi) is 5.82. The van der Waals surface area contributed by atoms with Gasteiger partial charge in [-0.05, 0) is 19.4 Å². The molecule has 0 bridgehead atoms. The molecule has 1 aromatic rings. The van der Waals surface area contributed by atoms with Crippen molar-refractivity contribution >= 4 is 5.91 Å². The number of aromatic nitrogens is 1. The van der Waals surface area contributed by atoms with Crippen molar-refractivity contribution in [2.75, 3.05) is 33.8 Å². The van der Waals surface area contributed by atoms with Gasteiger partial charge in [-0.1, -0.05) is 13.8 Å². The number of likely N-dealkylation sites (N-methyl/N-ethyl adjacent to an activating group) is 1. The van der Waals surface area contributed by atoms with Gasteiger partial charge in [0, 0.05) is 44.4 Å². The van der Waals surface area contributed by atoms with Crippen LogP contribution in [0.15, 0.2) is 10.9 Å². The molecule has 6 nitrogen and oxygen atoms in total. The summed E-state index contributed by atoms with van der Waals surface area (Å²) in [4.78, 5) is 27.1. The highest BCUT2D eigenvalue weighted by Gasteiger charge is 2.24. The summed E-state index contributed by atoms with van der Waals surface area (Å²) in [6.07, 6.45) is 1.58. The smallest absolute Gasteiger partial charge is 0.256 e. The molecule has 1 amide bonds. The fourth-order valence-corrected chi connectivity index (χ4v) is 2.82. The van der Waals surface area contributed by atoms with E-state index in [1.54, 1.807) is 4.57 Å². The number of hydrogen-bond donors (Lipinski definition) is 1. The normalized spacial score (nSPS) is 15.2. The number of carbonyl (C=O) groups is 1. The van der Waals surface area contributed by atoms with Crippen LogP contribution < -0.4 is 15.6 Å². The van der Waals surface area contributed by atoms with E-state index in [4.69, 9.17) is 4.74 Å². The van der Waals surface area contributed by atoms with Gasteiger partial charge >= 0.3 is 0 Å². The van der Waals surface area contributed by atoms with E-state index in [1.807, 2.05) is 7.05 Å². The Morgan fingerprint density at radius 3 is 2.74 bits per heavy atom. The van der Waals surface area contributed by atoms with Crippen molar-refractivity contribution in [1.29, 1.82) is 0 Å². The van der Waals surface area contributed by atoms with Crippen molar-refractivity contribution in [2.45, 2.75) is 33.2 Å². The minimum absolute atomic E-state index is 0.106. The van der Waals surface area contributed by atoms with Crippen molar-refractivity contribution in [3.63, 3.8) is 0 Å². The summed E-state index contributed by atoms with van der Waals surface area (Å²) in [5.74, 6) is 0.741. The van der Waals surface area contributed by atoms with Gasteiger partial charge in [-0.3, -0.25) is 9.59 Å². The maximum Gasteiger partial charge on any atom is 0.256 e. The number of nitrogens with zero attached hydrogens (tertiary/aromatic N) is 2. The number of pyridine rings is 1. The molecule has 2 heterocycles. The van der Waals surface area contributed by atoms with Crippen molar-refractivity contribution in [3.8, 4) is 5.75 Å². The number of hydrogen-bond acceptors (Lipinski definition) is 4. The van der Waals surface area contributed by atoms with Crippen LogP contribution in [0.5, 0.6) is 5.75 Å². The first-order valence-electron chi connectivity index (χ1n) is 8.21. The van der Waals surface area contributed by atoms with Crippen molar-refractivity contribution < 1.29 is 9.53 Å². The molecule has 2 rings (SSSR count). The predicted molar refractivity (Wildman–Crippen MR) is 90.2 cm³/mol. The minimum Gasteiger partial charge on any atom is -0.496 e. The maximum absolute atomic E-state index is 12.7. The molecule has 0 saturated heterocycles. The second kappa shape index (κ2) is 7.64. The monoisotopic (exact) mass is 321 g/mol. The first kappa shape index (κ1) is 17.5. The van der Waals surface area contributed by atoms with Gasteiger partial charge in [0.1, 0.15) is 11.3 Å². The van der Waals surface area contributed by atoms with Gasteiger partial charge in [-0.15, -0.1) is 0 Å². The maximum atomic E-state index is 12.7. The molecule has 0 spiro atoms. The fourth-order valence-electron chi connectivity index (χ4n) is 2.82. The summed E-state index contributed by atoms with van der Waals surface area (Å²) in [6.45, 7) is 7.08. The lowest BCUT2D eigenvalue weighted by molar-refractivity contribution is 0.0946. The molecule has 0 radical (unpaired) electrons. The number of nitrogens with one attached hydrogen (secondary N) is 1. The van der Waals surface area contributed by atoms with Gasteiger partial charge in [0.05, 0.1) is 7.11 Å². The van der Waals surface area contributed by atoms with Crippen LogP contribution in [0.25, 0.3) is 0 Å². The summed E-state index contributed by atoms with van der Waals surface area (Å²) in [6, 6.07) is 1.42. The van der Waals surface area contributed by atoms with Gasteiger partial charge in [0.25, 0.3) is 11.5 Å². The molecule has 1 aliphatic rings. The quantitative estimate of drug-likeness (QED) is 0.883. The number of fused-ring (bicyclic) bond motifs is 1. The average Bonchev–Trinajstić information content (AvgIpc) is 2.69. The zero-order valence-corrected chi connectivity index (χ0v) is 14.5. The third-order valence-electron chi connectivity index (χ3n) is 4.27. The van der Waals surface area contributed by atoms with Crippen LogP contribution in [0.1, 0.15) is 36.3 Å². The minimum atomic E-state index is -0.157. The van der Waals surface area contributed by atoms with Gasteiger partial charge in [0.2, 0.25) is 0 Å². The lowest BCUT2D eigenvalue weighted by Gasteiger charge is -2.17. The molecule has 6 heteroatoms. The fraction of sp³-hybridized carbons (Fsp3) is 0.647. The molecule has 1 N–H and O–H groups in total. The SMILES string of the molecule is COc1cc(=O)n2c(c1C(=O)NCCC(C)C)CCN(C)CC2. The second-order valence-electron chi connectivity index (χ2n) is 6.52. The van der Waals surface area contributed by atoms with E-state index in [0.29, 0.717) is 36.7 Å². The highest BCUT2D eigenvalue weighted by atomic mass is 16.5. The summed E-state index contributed by atoms with van der Waals surface area (Å²) < 4.78 is 7.03. The molecule has 0 aliphatic carbocycles. The first-order valence-corrected chi connectivity index (χ1v) is 8.21. The summed E-state index contributed by atoms with van der Waals surface area (Å²) in [5.41, 5.74) is 1.18. The zero-order chi connectivity index (χ0) is 17.0. The molecule has 128 valence electrons. The standard InChI is InChI=1S/C17H27N3O3/c1-12(2)5-7-18-17(22)16-13-6-8-19(3)9-10-20(13)15(21)11-14(16)23-4/h11-12H,5-10H2,1-4H3,(H,18,22). The molecule has 1 aliphatic heterocycles. The summed E-state index contributed by atoms with van der Waals surface area (Å²) in [7, 11) is 3.52. The van der Waals surface area contributed by atoms with E-state index in [9.17, 15) is 9.59 Å². The van der Waals surface area contributed by atoms with E-state index in [-0.39, 0.29) is 11.5 Å². The molecular formula is C17H27N3O3. The van der Waals surface area contributed by atoms with Gasteiger partial charge in [-0.25, -0.2) is 0 Å². The Hall–Kier alpha value is -1.82. The lowest BCUT2D eigenvalue weighted by Crippen LogP contribution is -2.32. The Bertz CT molecular complexity index is 622. The number of carbonyl (C=O) groups excluding carboxylic acids is 1. The Balaban J connectivity index is 2.37. The number of methoxy groups -OCH3 is 1.